The van der Waals surface area contributed by atoms with Crippen LogP contribution in [0.1, 0.15) is 27.7 Å². The zero-order valence-corrected chi connectivity index (χ0v) is 11.6. The molecule has 0 unspecified atom stereocenters. The van der Waals surface area contributed by atoms with Crippen LogP contribution >= 0.6 is 6.49 Å². The molecule has 0 aromatic rings. The quantitative estimate of drug-likeness (QED) is 0.502. The highest BCUT2D eigenvalue weighted by molar-refractivity contribution is 8.18. The molecular formula is C9H24NO2PS. The van der Waals surface area contributed by atoms with Gasteiger partial charge in [-0.15, -0.1) is 0 Å². The van der Waals surface area contributed by atoms with Gasteiger partial charge in [-0.1, -0.05) is 0 Å². The summed E-state index contributed by atoms with van der Waals surface area (Å²) in [5, 5.41) is 0. The molecule has 0 heterocycles. The molecule has 0 bridgehead atoms. The van der Waals surface area contributed by atoms with E-state index < -0.39 is 6.49 Å². The lowest BCUT2D eigenvalue weighted by Crippen LogP contribution is -2.38. The van der Waals surface area contributed by atoms with Crippen LogP contribution in [0.3, 0.4) is 0 Å². The van der Waals surface area contributed by atoms with Gasteiger partial charge in [0, 0.05) is 31.0 Å². The van der Waals surface area contributed by atoms with E-state index in [2.05, 4.69) is 32.6 Å². The summed E-state index contributed by atoms with van der Waals surface area (Å²) in [7, 11) is 0.789. The third kappa shape index (κ3) is 7.02. The fourth-order valence-corrected chi connectivity index (χ4v) is 3.57. The van der Waals surface area contributed by atoms with Gasteiger partial charge in [0.2, 0.25) is 0 Å². The van der Waals surface area contributed by atoms with Crippen LogP contribution in [0, 0.1) is 0 Å². The first kappa shape index (κ1) is 14.7. The molecule has 0 aromatic heterocycles. The van der Waals surface area contributed by atoms with E-state index >= 15 is 0 Å². The third-order valence-corrected chi connectivity index (χ3v) is 5.20. The first-order valence-electron chi connectivity index (χ1n) is 5.01. The Morgan fingerprint density at radius 1 is 1.14 bits per heavy atom. The van der Waals surface area contributed by atoms with Gasteiger partial charge in [-0.05, 0) is 27.7 Å². The van der Waals surface area contributed by atoms with E-state index in [1.165, 1.54) is 6.66 Å². The molecule has 0 rings (SSSR count). The summed E-state index contributed by atoms with van der Waals surface area (Å²) in [5.41, 5.74) is 0. The van der Waals surface area contributed by atoms with Crippen molar-refractivity contribution in [3.63, 3.8) is 0 Å². The minimum absolute atomic E-state index is 0.521. The van der Waals surface area contributed by atoms with Crippen molar-refractivity contribution in [3.8, 4) is 0 Å². The van der Waals surface area contributed by atoms with Crippen LogP contribution in [0.15, 0.2) is 0 Å². The minimum Gasteiger partial charge on any atom is -0.349 e. The fraction of sp³-hybridized carbons (Fsp3) is 1.00. The van der Waals surface area contributed by atoms with Crippen molar-refractivity contribution >= 4 is 17.4 Å². The average Bonchev–Trinajstić information content (AvgIpc) is 1.94. The fourth-order valence-electron chi connectivity index (χ4n) is 1.46. The number of hydrogen-bond donors (Lipinski definition) is 3. The summed E-state index contributed by atoms with van der Waals surface area (Å²) in [4.78, 5) is 20.9. The molecule has 14 heavy (non-hydrogen) atoms. The molecule has 2 N–H and O–H groups in total. The Kier molecular flexibility index (Phi) is 6.58. The van der Waals surface area contributed by atoms with E-state index in [0.29, 0.717) is 12.1 Å². The molecule has 0 saturated carbocycles. The van der Waals surface area contributed by atoms with E-state index in [1.807, 2.05) is 0 Å². The Bertz CT molecular complexity index is 197. The minimum atomic E-state index is -2.59. The Labute approximate surface area is 91.3 Å². The van der Waals surface area contributed by atoms with Crippen LogP contribution in [0.4, 0.5) is 0 Å². The van der Waals surface area contributed by atoms with Gasteiger partial charge in [-0.3, -0.25) is 4.90 Å². The highest BCUT2D eigenvalue weighted by Gasteiger charge is 2.12. The highest BCUT2D eigenvalue weighted by Crippen LogP contribution is 2.31. The molecule has 0 saturated heterocycles. The van der Waals surface area contributed by atoms with Crippen LogP contribution in [0.2, 0.25) is 0 Å². The maximum atomic E-state index is 9.24. The lowest BCUT2D eigenvalue weighted by molar-refractivity contribution is 0.187. The maximum absolute atomic E-state index is 9.24. The molecule has 0 fully saturated rings. The Hall–Kier alpha value is 0.660. The molecule has 0 amide bonds. The van der Waals surface area contributed by atoms with Crippen molar-refractivity contribution in [2.45, 2.75) is 39.8 Å². The predicted octanol–water partition coefficient (Wildman–Crippen LogP) is 1.30. The number of thiol groups is 1. The summed E-state index contributed by atoms with van der Waals surface area (Å²) in [6, 6.07) is 1.04. The third-order valence-electron chi connectivity index (χ3n) is 2.05. The van der Waals surface area contributed by atoms with Crippen LogP contribution < -0.4 is 0 Å². The SMILES string of the molecule is CC(C)N(CC[SH]=P(C)(O)O)C(C)C. The van der Waals surface area contributed by atoms with Gasteiger partial charge in [0.15, 0.2) is 0 Å². The molecule has 3 nitrogen and oxygen atoms in total. The summed E-state index contributed by atoms with van der Waals surface area (Å²) in [6.45, 7) is 8.56. The van der Waals surface area contributed by atoms with Gasteiger partial charge in [0.05, 0.1) is 0 Å². The van der Waals surface area contributed by atoms with Crippen molar-refractivity contribution in [3.05, 3.63) is 0 Å². The number of hydrogen-bond acceptors (Lipinski definition) is 1. The summed E-state index contributed by atoms with van der Waals surface area (Å²) in [6.07, 6.45) is 0. The molecule has 0 aromatic carbocycles. The Morgan fingerprint density at radius 3 is 1.86 bits per heavy atom. The van der Waals surface area contributed by atoms with Gasteiger partial charge in [-0.25, -0.2) is 0 Å². The van der Waals surface area contributed by atoms with Crippen LogP contribution in [0.25, 0.3) is 0 Å². The van der Waals surface area contributed by atoms with Crippen molar-refractivity contribution < 1.29 is 9.79 Å². The van der Waals surface area contributed by atoms with Gasteiger partial charge in [0.1, 0.15) is 6.49 Å². The first-order valence-corrected chi connectivity index (χ1v) is 8.93. The van der Waals surface area contributed by atoms with E-state index in [0.717, 1.165) is 23.2 Å². The Morgan fingerprint density at radius 2 is 1.57 bits per heavy atom. The number of nitrogens with zero attached hydrogens (tertiary/aromatic N) is 1. The van der Waals surface area contributed by atoms with Crippen molar-refractivity contribution in [2.24, 2.45) is 0 Å². The van der Waals surface area contributed by atoms with Crippen molar-refractivity contribution in [2.75, 3.05) is 19.0 Å². The van der Waals surface area contributed by atoms with Crippen molar-refractivity contribution in [1.29, 1.82) is 0 Å². The molecule has 0 radical (unpaired) electrons. The van der Waals surface area contributed by atoms with E-state index in [-0.39, 0.29) is 0 Å². The number of rotatable bonds is 5. The second-order valence-electron chi connectivity index (χ2n) is 4.16. The van der Waals surface area contributed by atoms with Gasteiger partial charge in [-0.2, -0.15) is 10.9 Å². The van der Waals surface area contributed by atoms with E-state index in [9.17, 15) is 9.79 Å². The smallest absolute Gasteiger partial charge is 0.138 e. The van der Waals surface area contributed by atoms with Gasteiger partial charge < -0.3 is 9.79 Å². The normalized spacial score (nSPS) is 13.3. The summed E-state index contributed by atoms with van der Waals surface area (Å²) >= 11 is 0. The molecule has 5 heteroatoms. The molecule has 0 atom stereocenters. The van der Waals surface area contributed by atoms with Crippen LogP contribution in [-0.2, 0) is 10.9 Å². The lowest BCUT2D eigenvalue weighted by atomic mass is 10.2. The van der Waals surface area contributed by atoms with E-state index in [4.69, 9.17) is 0 Å². The zero-order valence-electron chi connectivity index (χ0n) is 9.80. The Balaban J connectivity index is 4.09. The molecule has 88 valence electrons. The highest BCUT2D eigenvalue weighted by atomic mass is 32.5. The average molecular weight is 241 g/mol. The van der Waals surface area contributed by atoms with Crippen LogP contribution in [-0.4, -0.2) is 45.7 Å². The molecule has 0 aliphatic carbocycles. The van der Waals surface area contributed by atoms with Crippen LogP contribution in [0.5, 0.6) is 0 Å². The van der Waals surface area contributed by atoms with E-state index in [1.54, 1.807) is 0 Å². The summed E-state index contributed by atoms with van der Waals surface area (Å²) in [5.74, 6) is 0.841. The zero-order chi connectivity index (χ0) is 11.4. The molecule has 0 aliphatic heterocycles. The van der Waals surface area contributed by atoms with Crippen molar-refractivity contribution in [1.82, 2.24) is 4.90 Å². The maximum Gasteiger partial charge on any atom is 0.138 e. The second-order valence-corrected chi connectivity index (χ2v) is 9.75. The molecule has 0 spiro atoms. The largest absolute Gasteiger partial charge is 0.349 e. The van der Waals surface area contributed by atoms with Gasteiger partial charge >= 0.3 is 0 Å². The second kappa shape index (κ2) is 6.29. The molecule has 0 aliphatic rings. The summed E-state index contributed by atoms with van der Waals surface area (Å²) < 4.78 is 0. The predicted molar refractivity (Wildman–Crippen MR) is 67.9 cm³/mol. The molecular weight excluding hydrogens is 217 g/mol. The monoisotopic (exact) mass is 241 g/mol. The van der Waals surface area contributed by atoms with Gasteiger partial charge in [0.25, 0.3) is 0 Å². The first-order chi connectivity index (χ1) is 6.24. The standard InChI is InChI=1S/C9H24NO2PS/c1-8(2)10(9(3)4)6-7-14-13(5,11)12/h8-9,11-12,14H,6-7H2,1-5H3. The lowest BCUT2D eigenvalue weighted by Gasteiger charge is -2.30. The topological polar surface area (TPSA) is 43.7 Å².